The largest absolute Gasteiger partial charge is 0.487 e. The fourth-order valence-corrected chi connectivity index (χ4v) is 6.52. The number of benzene rings is 1. The average molecular weight is 607 g/mol. The number of rotatable bonds is 8. The number of piperidine rings is 1. The van der Waals surface area contributed by atoms with Crippen molar-refractivity contribution in [2.45, 2.75) is 51.3 Å². The number of nitrogens with one attached hydrogen (secondary N) is 1. The maximum Gasteiger partial charge on any atom is 0.274 e. The summed E-state index contributed by atoms with van der Waals surface area (Å²) in [6.07, 6.45) is 6.18. The minimum absolute atomic E-state index is 0.0468. The molecule has 0 spiro atoms. The zero-order chi connectivity index (χ0) is 29.9. The summed E-state index contributed by atoms with van der Waals surface area (Å²) in [7, 11) is 0. The van der Waals surface area contributed by atoms with Gasteiger partial charge < -0.3 is 19.1 Å². The number of carbonyl (C=O) groups excluding carboxylic acids is 2. The Bertz CT molecular complexity index is 1620. The van der Waals surface area contributed by atoms with Gasteiger partial charge in [-0.2, -0.15) is 4.39 Å². The molecule has 0 aliphatic carbocycles. The fourth-order valence-electron chi connectivity index (χ4n) is 5.77. The van der Waals surface area contributed by atoms with Crippen molar-refractivity contribution >= 4 is 34.0 Å². The highest BCUT2D eigenvalue weighted by molar-refractivity contribution is 7.14. The Kier molecular flexibility index (Phi) is 8.37. The van der Waals surface area contributed by atoms with Crippen LogP contribution in [0.15, 0.2) is 60.2 Å². The lowest BCUT2D eigenvalue weighted by atomic mass is 10.1. The van der Waals surface area contributed by atoms with Gasteiger partial charge >= 0.3 is 0 Å². The number of thiazole rings is 1. The Morgan fingerprint density at radius 3 is 2.70 bits per heavy atom. The van der Waals surface area contributed by atoms with Crippen molar-refractivity contribution in [1.82, 2.24) is 19.4 Å². The molecule has 0 saturated carbocycles. The monoisotopic (exact) mass is 606 g/mol. The van der Waals surface area contributed by atoms with Crippen LogP contribution >= 0.6 is 11.3 Å². The number of likely N-dealkylation sites (tertiary alicyclic amines) is 1. The van der Waals surface area contributed by atoms with Crippen LogP contribution in [0.25, 0.3) is 0 Å². The van der Waals surface area contributed by atoms with Crippen molar-refractivity contribution in [3.05, 3.63) is 89.0 Å². The predicted octanol–water partition coefficient (Wildman–Crippen LogP) is 5.65. The zero-order valence-electron chi connectivity index (χ0n) is 23.7. The lowest BCUT2D eigenvalue weighted by Gasteiger charge is -2.31. The minimum Gasteiger partial charge on any atom is -0.487 e. The molecule has 0 unspecified atom stereocenters. The Morgan fingerprint density at radius 2 is 1.93 bits per heavy atom. The number of aromatic nitrogens is 3. The molecule has 3 aromatic heterocycles. The normalized spacial score (nSPS) is 17.3. The molecular weight excluding hydrogens is 574 g/mol. The maximum atomic E-state index is 15.2. The van der Waals surface area contributed by atoms with Gasteiger partial charge in [-0.1, -0.05) is 0 Å². The lowest BCUT2D eigenvalue weighted by molar-refractivity contribution is -0.130. The van der Waals surface area contributed by atoms with Crippen LogP contribution in [0.3, 0.4) is 0 Å². The van der Waals surface area contributed by atoms with E-state index >= 15 is 4.39 Å². The lowest BCUT2D eigenvalue weighted by Crippen LogP contribution is -2.40. The molecule has 4 aromatic rings. The molecule has 0 bridgehead atoms. The Balaban J connectivity index is 1.09. The van der Waals surface area contributed by atoms with E-state index in [1.54, 1.807) is 46.9 Å². The van der Waals surface area contributed by atoms with E-state index in [1.807, 2.05) is 11.4 Å². The molecule has 2 amide bonds. The van der Waals surface area contributed by atoms with Crippen LogP contribution in [0.4, 0.5) is 19.6 Å². The minimum atomic E-state index is -0.568. The molecule has 2 aliphatic rings. The second-order valence-corrected chi connectivity index (χ2v) is 11.7. The summed E-state index contributed by atoms with van der Waals surface area (Å²) in [5.41, 5.74) is 2.70. The standard InChI is InChI=1S/C31H32F2N6O3S/c1-20(40)37-14-9-23(10-15-37)42-28-7-6-22(17-24(28)32)39-13-3-4-26(39)25-19-43-31(35-25)36-30(41)27-5-2-12-38(27)18-21-8-11-34-29(33)16-21/h2,5-8,11-12,16-17,19,23,26H,3-4,9-10,13-15,18H2,1H3,(H,35,36,41)/t26-/m1/s1. The molecule has 2 fully saturated rings. The van der Waals surface area contributed by atoms with Gasteiger partial charge in [0.05, 0.1) is 11.7 Å². The summed E-state index contributed by atoms with van der Waals surface area (Å²) in [5.74, 6) is -1.02. The summed E-state index contributed by atoms with van der Waals surface area (Å²) in [6, 6.07) is 11.5. The highest BCUT2D eigenvalue weighted by atomic mass is 32.1. The van der Waals surface area contributed by atoms with Crippen molar-refractivity contribution in [2.75, 3.05) is 29.9 Å². The van der Waals surface area contributed by atoms with Crippen LogP contribution in [0.2, 0.25) is 0 Å². The first-order chi connectivity index (χ1) is 20.8. The van der Waals surface area contributed by atoms with Crippen LogP contribution in [-0.4, -0.2) is 57.0 Å². The van der Waals surface area contributed by atoms with E-state index in [0.717, 1.165) is 30.8 Å². The van der Waals surface area contributed by atoms with Crippen molar-refractivity contribution in [3.63, 3.8) is 0 Å². The SMILES string of the molecule is CC(=O)N1CCC(Oc2ccc(N3CCC[C@@H]3c3csc(NC(=O)c4cccn4Cc4ccnc(F)c4)n3)cc2F)CC1. The molecule has 2 aliphatic heterocycles. The van der Waals surface area contributed by atoms with E-state index in [4.69, 9.17) is 9.72 Å². The molecule has 9 nitrogen and oxygen atoms in total. The van der Waals surface area contributed by atoms with Crippen LogP contribution in [0.5, 0.6) is 5.75 Å². The Morgan fingerprint density at radius 1 is 1.09 bits per heavy atom. The van der Waals surface area contributed by atoms with E-state index in [-0.39, 0.29) is 29.7 Å². The molecule has 1 atom stereocenters. The molecule has 224 valence electrons. The molecule has 2 saturated heterocycles. The van der Waals surface area contributed by atoms with E-state index < -0.39 is 11.8 Å². The van der Waals surface area contributed by atoms with E-state index in [2.05, 4.69) is 15.2 Å². The third kappa shape index (κ3) is 6.53. The van der Waals surface area contributed by atoms with Crippen LogP contribution in [0.1, 0.15) is 60.4 Å². The van der Waals surface area contributed by atoms with E-state index in [1.165, 1.54) is 29.7 Å². The zero-order valence-corrected chi connectivity index (χ0v) is 24.5. The van der Waals surface area contributed by atoms with Crippen molar-refractivity contribution in [1.29, 1.82) is 0 Å². The summed E-state index contributed by atoms with van der Waals surface area (Å²) >= 11 is 1.34. The number of nitrogens with zero attached hydrogens (tertiary/aromatic N) is 5. The predicted molar refractivity (Wildman–Crippen MR) is 159 cm³/mol. The van der Waals surface area contributed by atoms with Gasteiger partial charge in [-0.05, 0) is 54.8 Å². The first-order valence-corrected chi connectivity index (χ1v) is 15.2. The van der Waals surface area contributed by atoms with Crippen LogP contribution < -0.4 is 15.0 Å². The van der Waals surface area contributed by atoms with Gasteiger partial charge in [0.15, 0.2) is 16.7 Å². The number of halogens is 2. The summed E-state index contributed by atoms with van der Waals surface area (Å²) < 4.78 is 36.4. The summed E-state index contributed by atoms with van der Waals surface area (Å²) in [4.78, 5) is 36.9. The van der Waals surface area contributed by atoms with Gasteiger partial charge in [0, 0.05) is 75.5 Å². The third-order valence-electron chi connectivity index (χ3n) is 7.97. The number of pyridine rings is 1. The topological polar surface area (TPSA) is 92.6 Å². The molecule has 1 aromatic carbocycles. The Hall–Kier alpha value is -4.32. The van der Waals surface area contributed by atoms with E-state index in [0.29, 0.717) is 48.9 Å². The molecular formula is C31H32F2N6O3S. The van der Waals surface area contributed by atoms with Gasteiger partial charge in [-0.15, -0.1) is 11.3 Å². The van der Waals surface area contributed by atoms with Gasteiger partial charge in [-0.25, -0.2) is 14.4 Å². The van der Waals surface area contributed by atoms with E-state index in [9.17, 15) is 14.0 Å². The van der Waals surface area contributed by atoms with Crippen molar-refractivity contribution < 1.29 is 23.1 Å². The Labute approximate surface area is 252 Å². The maximum absolute atomic E-state index is 15.2. The van der Waals surface area contributed by atoms with Crippen molar-refractivity contribution in [3.8, 4) is 5.75 Å². The third-order valence-corrected chi connectivity index (χ3v) is 8.75. The number of amides is 2. The van der Waals surface area contributed by atoms with Crippen molar-refractivity contribution in [2.24, 2.45) is 0 Å². The molecule has 6 rings (SSSR count). The molecule has 5 heterocycles. The molecule has 0 radical (unpaired) electrons. The van der Waals surface area contributed by atoms with Gasteiger partial charge in [0.1, 0.15) is 11.8 Å². The molecule has 1 N–H and O–H groups in total. The number of carbonyl (C=O) groups is 2. The van der Waals surface area contributed by atoms with Gasteiger partial charge in [0.2, 0.25) is 11.9 Å². The number of hydrogen-bond donors (Lipinski definition) is 1. The second kappa shape index (κ2) is 12.5. The molecule has 12 heteroatoms. The second-order valence-electron chi connectivity index (χ2n) is 10.8. The van der Waals surface area contributed by atoms with Crippen LogP contribution in [-0.2, 0) is 11.3 Å². The number of anilines is 2. The number of hydrogen-bond acceptors (Lipinski definition) is 7. The summed E-state index contributed by atoms with van der Waals surface area (Å²) in [6.45, 7) is 3.88. The average Bonchev–Trinajstić information content (AvgIpc) is 3.76. The molecule has 43 heavy (non-hydrogen) atoms. The number of ether oxygens (including phenoxy) is 1. The fraction of sp³-hybridized carbons (Fsp3) is 0.355. The first-order valence-electron chi connectivity index (χ1n) is 14.3. The summed E-state index contributed by atoms with van der Waals surface area (Å²) in [5, 5.41) is 5.29. The van der Waals surface area contributed by atoms with Gasteiger partial charge in [-0.3, -0.25) is 14.9 Å². The smallest absolute Gasteiger partial charge is 0.274 e. The first kappa shape index (κ1) is 28.8. The highest BCUT2D eigenvalue weighted by Crippen LogP contribution is 2.38. The quantitative estimate of drug-likeness (QED) is 0.261. The van der Waals surface area contributed by atoms with Crippen LogP contribution in [0, 0.1) is 11.8 Å². The highest BCUT2D eigenvalue weighted by Gasteiger charge is 2.30. The van der Waals surface area contributed by atoms with Gasteiger partial charge in [0.25, 0.3) is 5.91 Å².